The van der Waals surface area contributed by atoms with Crippen LogP contribution in [-0.4, -0.2) is 19.0 Å². The van der Waals surface area contributed by atoms with E-state index in [1.807, 2.05) is 0 Å². The molecule has 5 heteroatoms. The molecule has 1 aliphatic rings. The molecule has 3 rings (SSSR count). The summed E-state index contributed by atoms with van der Waals surface area (Å²) in [6, 6.07) is 8.85. The summed E-state index contributed by atoms with van der Waals surface area (Å²) in [7, 11) is 0. The van der Waals surface area contributed by atoms with Gasteiger partial charge in [0, 0.05) is 5.56 Å². The highest BCUT2D eigenvalue weighted by Gasteiger charge is 2.16. The normalized spacial score (nSPS) is 13.4. The summed E-state index contributed by atoms with van der Waals surface area (Å²) < 4.78 is 23.7. The van der Waals surface area contributed by atoms with Crippen molar-refractivity contribution in [1.82, 2.24) is 0 Å². The predicted molar refractivity (Wildman–Crippen MR) is 82.2 cm³/mol. The molecule has 0 atom stereocenters. The van der Waals surface area contributed by atoms with Crippen LogP contribution in [0.2, 0.25) is 5.02 Å². The second-order valence-electron chi connectivity index (χ2n) is 4.73. The number of hydrogen-bond donors (Lipinski definition) is 0. The lowest BCUT2D eigenvalue weighted by atomic mass is 10.1. The minimum absolute atomic E-state index is 0.217. The van der Waals surface area contributed by atoms with Crippen molar-refractivity contribution in [3.8, 4) is 11.5 Å². The smallest absolute Gasteiger partial charge is 0.185 e. The van der Waals surface area contributed by atoms with Crippen LogP contribution in [0.3, 0.4) is 0 Å². The zero-order valence-corrected chi connectivity index (χ0v) is 12.3. The van der Waals surface area contributed by atoms with E-state index in [0.717, 1.165) is 5.56 Å². The number of carbonyl (C=O) groups excluding carboxylic acids is 1. The zero-order chi connectivity index (χ0) is 15.5. The molecule has 3 nitrogen and oxygen atoms in total. The van der Waals surface area contributed by atoms with Gasteiger partial charge in [-0.3, -0.25) is 4.79 Å². The summed E-state index contributed by atoms with van der Waals surface area (Å²) in [6.07, 6.45) is 3.05. The highest BCUT2D eigenvalue weighted by molar-refractivity contribution is 6.32. The Balaban J connectivity index is 1.82. The summed E-state index contributed by atoms with van der Waals surface area (Å²) in [4.78, 5) is 12.0. The Kier molecular flexibility index (Phi) is 4.11. The van der Waals surface area contributed by atoms with Gasteiger partial charge in [-0.2, -0.15) is 0 Å². The topological polar surface area (TPSA) is 35.5 Å². The fourth-order valence-electron chi connectivity index (χ4n) is 2.11. The van der Waals surface area contributed by atoms with Crippen molar-refractivity contribution in [2.45, 2.75) is 0 Å². The van der Waals surface area contributed by atoms with Gasteiger partial charge in [0.1, 0.15) is 19.0 Å². The summed E-state index contributed by atoms with van der Waals surface area (Å²) in [5.74, 6) is 0.493. The van der Waals surface area contributed by atoms with E-state index in [1.165, 1.54) is 30.3 Å². The summed E-state index contributed by atoms with van der Waals surface area (Å²) in [5.41, 5.74) is 1.14. The van der Waals surface area contributed by atoms with Gasteiger partial charge in [-0.25, -0.2) is 4.39 Å². The first-order chi connectivity index (χ1) is 10.6. The Morgan fingerprint density at radius 2 is 1.86 bits per heavy atom. The lowest BCUT2D eigenvalue weighted by Gasteiger charge is -2.19. The third-order valence-corrected chi connectivity index (χ3v) is 3.46. The molecule has 1 aliphatic heterocycles. The Morgan fingerprint density at radius 1 is 1.14 bits per heavy atom. The molecule has 0 aromatic heterocycles. The zero-order valence-electron chi connectivity index (χ0n) is 11.5. The van der Waals surface area contributed by atoms with E-state index in [-0.39, 0.29) is 11.6 Å². The first-order valence-corrected chi connectivity index (χ1v) is 7.08. The van der Waals surface area contributed by atoms with Crippen molar-refractivity contribution in [3.63, 3.8) is 0 Å². The van der Waals surface area contributed by atoms with Crippen LogP contribution in [0.5, 0.6) is 11.5 Å². The molecule has 0 N–H and O–H groups in total. The average Bonchev–Trinajstić information content (AvgIpc) is 2.53. The van der Waals surface area contributed by atoms with Crippen LogP contribution in [0.1, 0.15) is 15.9 Å². The molecule has 0 radical (unpaired) electrons. The second kappa shape index (κ2) is 6.20. The van der Waals surface area contributed by atoms with Crippen LogP contribution < -0.4 is 9.47 Å². The van der Waals surface area contributed by atoms with Gasteiger partial charge in [-0.15, -0.1) is 0 Å². The van der Waals surface area contributed by atoms with E-state index in [0.29, 0.717) is 35.3 Å². The lowest BCUT2D eigenvalue weighted by molar-refractivity contribution is 0.104. The maximum Gasteiger partial charge on any atom is 0.185 e. The molecule has 0 saturated carbocycles. The minimum Gasteiger partial charge on any atom is -0.486 e. The van der Waals surface area contributed by atoms with Gasteiger partial charge in [0.15, 0.2) is 17.3 Å². The van der Waals surface area contributed by atoms with E-state index < -0.39 is 0 Å². The van der Waals surface area contributed by atoms with Crippen molar-refractivity contribution in [2.75, 3.05) is 13.2 Å². The van der Waals surface area contributed by atoms with Crippen LogP contribution in [0.15, 0.2) is 42.5 Å². The van der Waals surface area contributed by atoms with Crippen LogP contribution >= 0.6 is 11.6 Å². The van der Waals surface area contributed by atoms with Gasteiger partial charge in [0.25, 0.3) is 0 Å². The fourth-order valence-corrected chi connectivity index (χ4v) is 2.38. The Labute approximate surface area is 131 Å². The van der Waals surface area contributed by atoms with Gasteiger partial charge in [0.05, 0.1) is 5.02 Å². The molecule has 0 unspecified atom stereocenters. The quantitative estimate of drug-likeness (QED) is 0.630. The molecule has 0 spiro atoms. The maximum absolute atomic E-state index is 12.8. The minimum atomic E-state index is -0.376. The van der Waals surface area contributed by atoms with Crippen LogP contribution in [0.25, 0.3) is 6.08 Å². The Hall–Kier alpha value is -2.33. The average molecular weight is 319 g/mol. The SMILES string of the molecule is O=C(/C=C/c1cc(Cl)c2c(c1)OCCO2)c1ccc(F)cc1. The lowest BCUT2D eigenvalue weighted by Crippen LogP contribution is -2.15. The molecule has 0 aliphatic carbocycles. The second-order valence-corrected chi connectivity index (χ2v) is 5.14. The van der Waals surface area contributed by atoms with E-state index in [4.69, 9.17) is 21.1 Å². The van der Waals surface area contributed by atoms with Crippen LogP contribution in [0, 0.1) is 5.82 Å². The van der Waals surface area contributed by atoms with E-state index in [2.05, 4.69) is 0 Å². The number of allylic oxidation sites excluding steroid dienone is 1. The first kappa shape index (κ1) is 14.6. The van der Waals surface area contributed by atoms with E-state index in [1.54, 1.807) is 18.2 Å². The molecule has 112 valence electrons. The molecule has 1 heterocycles. The monoisotopic (exact) mass is 318 g/mol. The molecule has 0 saturated heterocycles. The number of hydrogen-bond acceptors (Lipinski definition) is 3. The fraction of sp³-hybridized carbons (Fsp3) is 0.118. The number of halogens is 2. The maximum atomic E-state index is 12.8. The number of ether oxygens (including phenoxy) is 2. The number of ketones is 1. The third kappa shape index (κ3) is 3.12. The van der Waals surface area contributed by atoms with Crippen molar-refractivity contribution >= 4 is 23.5 Å². The molecule has 0 amide bonds. The van der Waals surface area contributed by atoms with Gasteiger partial charge in [-0.05, 0) is 48.0 Å². The molecule has 0 bridgehead atoms. The molecule has 2 aromatic rings. The molecular formula is C17H12ClFO3. The van der Waals surface area contributed by atoms with Gasteiger partial charge in [0.2, 0.25) is 0 Å². The van der Waals surface area contributed by atoms with Gasteiger partial charge >= 0.3 is 0 Å². The summed E-state index contributed by atoms with van der Waals surface area (Å²) >= 11 is 6.13. The number of benzene rings is 2. The van der Waals surface area contributed by atoms with Crippen molar-refractivity contribution in [3.05, 3.63) is 64.4 Å². The number of fused-ring (bicyclic) bond motifs is 1. The first-order valence-electron chi connectivity index (χ1n) is 6.70. The molecule has 0 fully saturated rings. The van der Waals surface area contributed by atoms with E-state index >= 15 is 0 Å². The Morgan fingerprint density at radius 3 is 2.64 bits per heavy atom. The largest absolute Gasteiger partial charge is 0.486 e. The van der Waals surface area contributed by atoms with Gasteiger partial charge in [-0.1, -0.05) is 17.7 Å². The number of rotatable bonds is 3. The molecule has 22 heavy (non-hydrogen) atoms. The van der Waals surface area contributed by atoms with Crippen LogP contribution in [-0.2, 0) is 0 Å². The number of carbonyl (C=O) groups is 1. The third-order valence-electron chi connectivity index (χ3n) is 3.18. The van der Waals surface area contributed by atoms with Crippen molar-refractivity contribution in [1.29, 1.82) is 0 Å². The predicted octanol–water partition coefficient (Wildman–Crippen LogP) is 4.15. The highest BCUT2D eigenvalue weighted by Crippen LogP contribution is 2.38. The summed E-state index contributed by atoms with van der Waals surface area (Å²) in [6.45, 7) is 0.927. The highest BCUT2D eigenvalue weighted by atomic mass is 35.5. The van der Waals surface area contributed by atoms with Gasteiger partial charge < -0.3 is 9.47 Å². The van der Waals surface area contributed by atoms with Crippen molar-refractivity contribution < 1.29 is 18.7 Å². The van der Waals surface area contributed by atoms with E-state index in [9.17, 15) is 9.18 Å². The molecule has 2 aromatic carbocycles. The van der Waals surface area contributed by atoms with Crippen molar-refractivity contribution in [2.24, 2.45) is 0 Å². The van der Waals surface area contributed by atoms with Crippen LogP contribution in [0.4, 0.5) is 4.39 Å². The molecular weight excluding hydrogens is 307 g/mol. The Bertz CT molecular complexity index is 738. The summed E-state index contributed by atoms with van der Waals surface area (Å²) in [5, 5.41) is 0.436. The standard InChI is InChI=1S/C17H12ClFO3/c18-14-9-11(10-16-17(14)22-8-7-21-16)1-6-15(20)12-2-4-13(19)5-3-12/h1-6,9-10H,7-8H2/b6-1+.